The molecule has 0 unspecified atom stereocenters. The van der Waals surface area contributed by atoms with E-state index in [1.165, 1.54) is 11.1 Å². The highest BCUT2D eigenvalue weighted by Gasteiger charge is 2.31. The van der Waals surface area contributed by atoms with Gasteiger partial charge in [-0.25, -0.2) is 4.79 Å². The van der Waals surface area contributed by atoms with Gasteiger partial charge in [0.15, 0.2) is 0 Å². The fourth-order valence-corrected chi connectivity index (χ4v) is 3.77. The van der Waals surface area contributed by atoms with Gasteiger partial charge in [-0.05, 0) is 62.3 Å². The molecule has 4 heteroatoms. The Hall–Kier alpha value is -3.66. The summed E-state index contributed by atoms with van der Waals surface area (Å²) in [5, 5.41) is 0. The molecule has 3 rings (SSSR count). The van der Waals surface area contributed by atoms with Crippen molar-refractivity contribution in [2.45, 2.75) is 52.2 Å². The molecule has 3 aromatic carbocycles. The quantitative estimate of drug-likeness (QED) is 0.238. The maximum absolute atomic E-state index is 12.9. The molecule has 0 amide bonds. The lowest BCUT2D eigenvalue weighted by Crippen LogP contribution is -2.31. The molecule has 182 valence electrons. The predicted octanol–water partition coefficient (Wildman–Crippen LogP) is 6.93. The van der Waals surface area contributed by atoms with Crippen molar-refractivity contribution in [3.8, 4) is 11.1 Å². The number of carbonyl (C=O) groups is 2. The summed E-state index contributed by atoms with van der Waals surface area (Å²) in [6.45, 7) is 9.48. The van der Waals surface area contributed by atoms with E-state index in [-0.39, 0.29) is 12.2 Å². The molecule has 0 radical (unpaired) electrons. The van der Waals surface area contributed by atoms with Crippen LogP contribution in [-0.4, -0.2) is 17.5 Å². The summed E-state index contributed by atoms with van der Waals surface area (Å²) in [5.41, 5.74) is 3.86. The zero-order valence-corrected chi connectivity index (χ0v) is 20.8. The van der Waals surface area contributed by atoms with E-state index < -0.39 is 23.5 Å². The third kappa shape index (κ3) is 8.25. The monoisotopic (exact) mass is 470 g/mol. The first-order chi connectivity index (χ1) is 16.7. The topological polar surface area (TPSA) is 52.6 Å². The summed E-state index contributed by atoms with van der Waals surface area (Å²) < 4.78 is 11.0. The molecule has 0 bridgehead atoms. The van der Waals surface area contributed by atoms with Gasteiger partial charge in [-0.3, -0.25) is 4.79 Å². The number of hydrogen-bond donors (Lipinski definition) is 0. The van der Waals surface area contributed by atoms with Crippen molar-refractivity contribution >= 4 is 11.9 Å². The maximum Gasteiger partial charge on any atom is 0.334 e. The van der Waals surface area contributed by atoms with Gasteiger partial charge in [-0.15, -0.1) is 0 Å². The third-order valence-electron chi connectivity index (χ3n) is 5.61. The lowest BCUT2D eigenvalue weighted by atomic mass is 9.92. The molecular weight excluding hydrogens is 436 g/mol. The molecule has 0 heterocycles. The van der Waals surface area contributed by atoms with Gasteiger partial charge in [0.05, 0.1) is 5.92 Å². The Balaban J connectivity index is 1.61. The lowest BCUT2D eigenvalue weighted by Gasteiger charge is -2.24. The molecule has 0 N–H and O–H groups in total. The van der Waals surface area contributed by atoms with Gasteiger partial charge in [-0.2, -0.15) is 0 Å². The molecule has 0 spiro atoms. The minimum absolute atomic E-state index is 0.132. The largest absolute Gasteiger partial charge is 0.459 e. The molecule has 0 saturated carbocycles. The van der Waals surface area contributed by atoms with Crippen LogP contribution in [0.1, 0.15) is 44.7 Å². The standard InChI is InChI=1S/C31H34O4/c1-23(29(32)34-22-25-12-7-5-8-13-25)28(30(33)35-31(2,3)4)17-11-14-24-18-20-27(21-19-24)26-15-9-6-10-16-26/h5-10,12-13,15-16,18-21,28H,1,11,14,17,22H2,2-4H3/t28-/m1/s1. The van der Waals surface area contributed by atoms with E-state index in [4.69, 9.17) is 9.47 Å². The Morgan fingerprint density at radius 2 is 1.37 bits per heavy atom. The number of carbonyl (C=O) groups excluding carboxylic acids is 2. The second-order valence-electron chi connectivity index (χ2n) is 9.63. The summed E-state index contributed by atoms with van der Waals surface area (Å²) in [6, 6.07) is 28.1. The fraction of sp³-hybridized carbons (Fsp3) is 0.290. The van der Waals surface area contributed by atoms with Crippen molar-refractivity contribution < 1.29 is 19.1 Å². The number of hydrogen-bond acceptors (Lipinski definition) is 4. The van der Waals surface area contributed by atoms with Gasteiger partial charge < -0.3 is 9.47 Å². The molecule has 0 saturated heterocycles. The van der Waals surface area contributed by atoms with Crippen molar-refractivity contribution in [1.29, 1.82) is 0 Å². The van der Waals surface area contributed by atoms with Crippen LogP contribution in [0.5, 0.6) is 0 Å². The Bertz CT molecular complexity index is 1110. The van der Waals surface area contributed by atoms with E-state index in [9.17, 15) is 9.59 Å². The highest BCUT2D eigenvalue weighted by atomic mass is 16.6. The SMILES string of the molecule is C=C(C(=O)OCc1ccccc1)[C@@H](CCCc1ccc(-c2ccccc2)cc1)C(=O)OC(C)(C)C. The highest BCUT2D eigenvalue weighted by Crippen LogP contribution is 2.25. The minimum atomic E-state index is -0.749. The molecule has 0 aromatic heterocycles. The summed E-state index contributed by atoms with van der Waals surface area (Å²) in [6.07, 6.45) is 1.94. The van der Waals surface area contributed by atoms with Gasteiger partial charge >= 0.3 is 11.9 Å². The van der Waals surface area contributed by atoms with Gasteiger partial charge in [0, 0.05) is 5.57 Å². The lowest BCUT2D eigenvalue weighted by molar-refractivity contribution is -0.160. The summed E-state index contributed by atoms with van der Waals surface area (Å²) in [4.78, 5) is 25.6. The van der Waals surface area contributed by atoms with Crippen LogP contribution in [0.4, 0.5) is 0 Å². The normalized spacial score (nSPS) is 12.0. The molecule has 1 atom stereocenters. The number of ether oxygens (including phenoxy) is 2. The van der Waals surface area contributed by atoms with Crippen LogP contribution in [-0.2, 0) is 32.1 Å². The van der Waals surface area contributed by atoms with Crippen molar-refractivity contribution in [2.75, 3.05) is 0 Å². The van der Waals surface area contributed by atoms with E-state index in [0.29, 0.717) is 12.8 Å². The van der Waals surface area contributed by atoms with Gasteiger partial charge in [0.2, 0.25) is 0 Å². The molecule has 4 nitrogen and oxygen atoms in total. The molecular formula is C31H34O4. The zero-order valence-electron chi connectivity index (χ0n) is 20.8. The highest BCUT2D eigenvalue weighted by molar-refractivity contribution is 5.95. The Morgan fingerprint density at radius 1 is 0.800 bits per heavy atom. The molecule has 35 heavy (non-hydrogen) atoms. The Kier molecular flexibility index (Phi) is 9.02. The van der Waals surface area contributed by atoms with Crippen molar-refractivity contribution in [2.24, 2.45) is 5.92 Å². The third-order valence-corrected chi connectivity index (χ3v) is 5.61. The predicted molar refractivity (Wildman–Crippen MR) is 140 cm³/mol. The number of aryl methyl sites for hydroxylation is 1. The molecule has 0 aliphatic carbocycles. The first-order valence-electron chi connectivity index (χ1n) is 12.0. The maximum atomic E-state index is 12.9. The minimum Gasteiger partial charge on any atom is -0.459 e. The first kappa shape index (κ1) is 26.0. The van der Waals surface area contributed by atoms with E-state index in [2.05, 4.69) is 43.0 Å². The first-order valence-corrected chi connectivity index (χ1v) is 12.0. The smallest absolute Gasteiger partial charge is 0.334 e. The van der Waals surface area contributed by atoms with Gasteiger partial charge in [0.25, 0.3) is 0 Å². The summed E-state index contributed by atoms with van der Waals surface area (Å²) in [7, 11) is 0. The molecule has 0 aliphatic rings. The zero-order chi connectivity index (χ0) is 25.3. The van der Waals surface area contributed by atoms with E-state index in [1.54, 1.807) is 0 Å². The van der Waals surface area contributed by atoms with E-state index in [0.717, 1.165) is 17.5 Å². The van der Waals surface area contributed by atoms with Crippen LogP contribution in [0.15, 0.2) is 97.1 Å². The van der Waals surface area contributed by atoms with E-state index in [1.807, 2.05) is 69.3 Å². The number of benzene rings is 3. The van der Waals surface area contributed by atoms with Crippen molar-refractivity contribution in [3.63, 3.8) is 0 Å². The second kappa shape index (κ2) is 12.2. The molecule has 0 aliphatic heterocycles. The fourth-order valence-electron chi connectivity index (χ4n) is 3.77. The van der Waals surface area contributed by atoms with Crippen LogP contribution >= 0.6 is 0 Å². The van der Waals surface area contributed by atoms with Crippen LogP contribution < -0.4 is 0 Å². The van der Waals surface area contributed by atoms with Gasteiger partial charge in [0.1, 0.15) is 12.2 Å². The second-order valence-corrected chi connectivity index (χ2v) is 9.63. The van der Waals surface area contributed by atoms with Crippen molar-refractivity contribution in [3.05, 3.63) is 108 Å². The molecule has 0 fully saturated rings. The summed E-state index contributed by atoms with van der Waals surface area (Å²) in [5.74, 6) is -1.77. The Morgan fingerprint density at radius 3 is 1.97 bits per heavy atom. The number of esters is 2. The van der Waals surface area contributed by atoms with Crippen LogP contribution in [0.25, 0.3) is 11.1 Å². The van der Waals surface area contributed by atoms with Gasteiger partial charge in [-0.1, -0.05) is 91.5 Å². The Labute approximate surface area is 208 Å². The average molecular weight is 471 g/mol. The molecule has 3 aromatic rings. The van der Waals surface area contributed by atoms with Crippen LogP contribution in [0, 0.1) is 5.92 Å². The number of rotatable bonds is 10. The van der Waals surface area contributed by atoms with E-state index >= 15 is 0 Å². The van der Waals surface area contributed by atoms with Crippen molar-refractivity contribution in [1.82, 2.24) is 0 Å². The summed E-state index contributed by atoms with van der Waals surface area (Å²) >= 11 is 0. The average Bonchev–Trinajstić information content (AvgIpc) is 2.85. The van der Waals surface area contributed by atoms with Crippen LogP contribution in [0.3, 0.4) is 0 Å². The van der Waals surface area contributed by atoms with Crippen LogP contribution in [0.2, 0.25) is 0 Å².